The maximum absolute atomic E-state index is 12.6. The molecule has 3 aliphatic heterocycles. The summed E-state index contributed by atoms with van der Waals surface area (Å²) in [4.78, 5) is 38.0. The third-order valence-corrected chi connectivity index (χ3v) is 9.25. The van der Waals surface area contributed by atoms with Crippen LogP contribution in [-0.4, -0.2) is 114 Å². The highest BCUT2D eigenvalue weighted by molar-refractivity contribution is 5.96. The Kier molecular flexibility index (Phi) is 8.64. The monoisotopic (exact) mass is 595 g/mol. The minimum atomic E-state index is -0.242. The molecule has 2 saturated heterocycles. The van der Waals surface area contributed by atoms with Gasteiger partial charge in [0.2, 0.25) is 5.91 Å². The van der Waals surface area contributed by atoms with Crippen LogP contribution in [0, 0.1) is 18.3 Å². The zero-order valence-electron chi connectivity index (χ0n) is 25.9. The molecule has 0 spiro atoms. The Morgan fingerprint density at radius 3 is 2.80 bits per heavy atom. The first-order valence-corrected chi connectivity index (χ1v) is 15.4. The van der Waals surface area contributed by atoms with E-state index in [-0.39, 0.29) is 18.4 Å². The molecule has 44 heavy (non-hydrogen) atoms. The highest BCUT2D eigenvalue weighted by Crippen LogP contribution is 2.35. The van der Waals surface area contributed by atoms with E-state index in [2.05, 4.69) is 76.4 Å². The minimum absolute atomic E-state index is 0.143. The van der Waals surface area contributed by atoms with Gasteiger partial charge in [0.05, 0.1) is 42.7 Å². The van der Waals surface area contributed by atoms with Crippen molar-refractivity contribution in [2.24, 2.45) is 0 Å². The molecule has 3 aliphatic rings. The third kappa shape index (κ3) is 5.92. The number of benzene rings is 1. The number of nitrogens with zero attached hydrogens (tertiary/aromatic N) is 9. The first-order valence-electron chi connectivity index (χ1n) is 15.4. The molecule has 3 aromatic rings. The number of fused-ring (bicyclic) bond motifs is 2. The number of pyridine rings is 1. The van der Waals surface area contributed by atoms with Crippen molar-refractivity contribution in [2.45, 2.75) is 38.4 Å². The quantitative estimate of drug-likeness (QED) is 0.343. The Morgan fingerprint density at radius 1 is 1.18 bits per heavy atom. The Bertz CT molecular complexity index is 1580. The first-order chi connectivity index (χ1) is 21.4. The summed E-state index contributed by atoms with van der Waals surface area (Å²) in [7, 11) is 4.27. The number of hydrogen-bond donors (Lipinski definition) is 0. The number of carbonyl (C=O) groups is 1. The lowest BCUT2D eigenvalue weighted by molar-refractivity contribution is -0.128. The smallest absolute Gasteiger partial charge is 0.318 e. The lowest BCUT2D eigenvalue weighted by atomic mass is 10.0. The molecule has 11 heteroatoms. The number of likely N-dealkylation sites (tertiary alicyclic amines) is 1. The van der Waals surface area contributed by atoms with Crippen LogP contribution in [-0.2, 0) is 17.8 Å². The zero-order valence-corrected chi connectivity index (χ0v) is 25.9. The molecule has 0 bridgehead atoms. The van der Waals surface area contributed by atoms with Gasteiger partial charge >= 0.3 is 6.01 Å². The molecule has 0 radical (unpaired) electrons. The fourth-order valence-electron chi connectivity index (χ4n) is 6.70. The number of rotatable bonds is 9. The summed E-state index contributed by atoms with van der Waals surface area (Å²) in [5.74, 6) is 0.703. The molecule has 1 amide bonds. The summed E-state index contributed by atoms with van der Waals surface area (Å²) in [6.07, 6.45) is 6.21. The van der Waals surface area contributed by atoms with Gasteiger partial charge in [-0.25, -0.2) is 0 Å². The molecular formula is C33H41N9O2. The van der Waals surface area contributed by atoms with Crippen LogP contribution in [0.25, 0.3) is 10.8 Å². The largest absolute Gasteiger partial charge is 0.462 e. The van der Waals surface area contributed by atoms with E-state index in [0.29, 0.717) is 44.8 Å². The van der Waals surface area contributed by atoms with Gasteiger partial charge in [0.25, 0.3) is 0 Å². The summed E-state index contributed by atoms with van der Waals surface area (Å²) in [5.41, 5.74) is 4.37. The number of aryl methyl sites for hydroxylation is 1. The number of anilines is 2. The molecule has 0 unspecified atom stereocenters. The molecule has 230 valence electrons. The van der Waals surface area contributed by atoms with Gasteiger partial charge in [-0.15, -0.1) is 0 Å². The van der Waals surface area contributed by atoms with Crippen LogP contribution in [0.4, 0.5) is 11.5 Å². The summed E-state index contributed by atoms with van der Waals surface area (Å²) >= 11 is 0. The second kappa shape index (κ2) is 12.8. The van der Waals surface area contributed by atoms with Crippen LogP contribution in [0.5, 0.6) is 6.01 Å². The van der Waals surface area contributed by atoms with E-state index in [9.17, 15) is 10.1 Å². The lowest BCUT2D eigenvalue weighted by Crippen LogP contribution is -2.57. The standard InChI is InChI=1S/C33H41N9O2/c1-5-30(43)42-14-13-41(21-25(42)9-11-34)32-27-10-12-40(29-18-35-17-24-8-6-7-23(2)31(24)29)22-28(27)36-33(37-32)44-16-15-39(4)26-19-38(3)20-26/h5-8,17-18,25-26H,1,9-10,12-16,19-22H2,2-4H3/t25-/m0/s1. The number of aromatic nitrogens is 3. The number of hydrogen-bond acceptors (Lipinski definition) is 10. The SMILES string of the molecule is C=CC(=O)N1CCN(c2nc(OCCN(C)C3CN(C)C3)nc3c2CCN(c2cncc4cccc(C)c24)C3)C[C@@H]1CC#N. The van der Waals surface area contributed by atoms with Gasteiger partial charge in [0.1, 0.15) is 12.4 Å². The van der Waals surface area contributed by atoms with Crippen molar-refractivity contribution in [3.63, 3.8) is 0 Å². The van der Waals surface area contributed by atoms with Crippen molar-refractivity contribution in [3.8, 4) is 12.1 Å². The molecule has 2 fully saturated rings. The van der Waals surface area contributed by atoms with Gasteiger partial charge in [-0.1, -0.05) is 24.8 Å². The Hall–Kier alpha value is -4.27. The average molecular weight is 596 g/mol. The van der Waals surface area contributed by atoms with Crippen LogP contribution in [0.3, 0.4) is 0 Å². The van der Waals surface area contributed by atoms with E-state index in [0.717, 1.165) is 60.7 Å². The molecule has 2 aromatic heterocycles. The first kappa shape index (κ1) is 29.8. The van der Waals surface area contributed by atoms with Crippen LogP contribution in [0.1, 0.15) is 23.2 Å². The molecule has 1 aromatic carbocycles. The summed E-state index contributed by atoms with van der Waals surface area (Å²) in [6.45, 7) is 12.3. The second-order valence-electron chi connectivity index (χ2n) is 12.2. The maximum atomic E-state index is 12.6. The van der Waals surface area contributed by atoms with E-state index in [1.807, 2.05) is 12.4 Å². The van der Waals surface area contributed by atoms with Crippen LogP contribution in [0.15, 0.2) is 43.2 Å². The molecule has 0 saturated carbocycles. The molecule has 5 heterocycles. The molecule has 0 N–H and O–H groups in total. The molecule has 6 rings (SSSR count). The highest BCUT2D eigenvalue weighted by atomic mass is 16.5. The normalized spacial score (nSPS) is 19.1. The number of nitriles is 1. The maximum Gasteiger partial charge on any atom is 0.318 e. The topological polar surface area (TPSA) is 105 Å². The van der Waals surface area contributed by atoms with Crippen LogP contribution in [0.2, 0.25) is 0 Å². The van der Waals surface area contributed by atoms with E-state index in [4.69, 9.17) is 14.7 Å². The van der Waals surface area contributed by atoms with Crippen molar-refractivity contribution in [1.29, 1.82) is 5.26 Å². The van der Waals surface area contributed by atoms with E-state index in [1.165, 1.54) is 17.0 Å². The van der Waals surface area contributed by atoms with E-state index in [1.54, 1.807) is 4.90 Å². The summed E-state index contributed by atoms with van der Waals surface area (Å²) < 4.78 is 6.24. The average Bonchev–Trinajstić information content (AvgIpc) is 3.02. The fourth-order valence-corrected chi connectivity index (χ4v) is 6.70. The lowest BCUT2D eigenvalue weighted by Gasteiger charge is -2.42. The van der Waals surface area contributed by atoms with Gasteiger partial charge < -0.3 is 24.3 Å². The van der Waals surface area contributed by atoms with Crippen molar-refractivity contribution < 1.29 is 9.53 Å². The highest BCUT2D eigenvalue weighted by Gasteiger charge is 2.33. The van der Waals surface area contributed by atoms with Crippen LogP contribution < -0.4 is 14.5 Å². The number of piperazine rings is 1. The van der Waals surface area contributed by atoms with Gasteiger partial charge in [-0.2, -0.15) is 15.2 Å². The van der Waals surface area contributed by atoms with Gasteiger partial charge in [-0.3, -0.25) is 14.7 Å². The van der Waals surface area contributed by atoms with E-state index >= 15 is 0 Å². The molecular weight excluding hydrogens is 554 g/mol. The second-order valence-corrected chi connectivity index (χ2v) is 12.2. The minimum Gasteiger partial charge on any atom is -0.462 e. The summed E-state index contributed by atoms with van der Waals surface area (Å²) in [5, 5.41) is 11.9. The molecule has 0 aliphatic carbocycles. The van der Waals surface area contributed by atoms with Gasteiger partial charge in [0, 0.05) is 74.4 Å². The number of likely N-dealkylation sites (N-methyl/N-ethyl adjacent to an activating group) is 2. The number of amides is 1. The van der Waals surface area contributed by atoms with Gasteiger partial charge in [0.15, 0.2) is 0 Å². The number of carbonyl (C=O) groups excluding carboxylic acids is 1. The fraction of sp³-hybridized carbons (Fsp3) is 0.485. The Morgan fingerprint density at radius 2 is 2.02 bits per heavy atom. The molecule has 1 atom stereocenters. The predicted molar refractivity (Wildman–Crippen MR) is 171 cm³/mol. The molecule has 11 nitrogen and oxygen atoms in total. The van der Waals surface area contributed by atoms with Crippen molar-refractivity contribution >= 4 is 28.2 Å². The summed E-state index contributed by atoms with van der Waals surface area (Å²) in [6, 6.07) is 9.25. The number of ether oxygens (including phenoxy) is 1. The van der Waals surface area contributed by atoms with Crippen LogP contribution >= 0.6 is 0 Å². The predicted octanol–water partition coefficient (Wildman–Crippen LogP) is 2.64. The van der Waals surface area contributed by atoms with E-state index < -0.39 is 0 Å². The Labute approximate surface area is 259 Å². The Balaban J connectivity index is 1.29. The van der Waals surface area contributed by atoms with Crippen molar-refractivity contribution in [1.82, 2.24) is 29.7 Å². The third-order valence-electron chi connectivity index (χ3n) is 9.25. The zero-order chi connectivity index (χ0) is 30.8. The van der Waals surface area contributed by atoms with Crippen molar-refractivity contribution in [2.75, 3.05) is 76.3 Å². The van der Waals surface area contributed by atoms with Gasteiger partial charge in [-0.05, 0) is 39.1 Å². The van der Waals surface area contributed by atoms with Crippen molar-refractivity contribution in [3.05, 3.63) is 60.1 Å².